The summed E-state index contributed by atoms with van der Waals surface area (Å²) >= 11 is 0. The minimum Gasteiger partial charge on any atom is -0.378 e. The summed E-state index contributed by atoms with van der Waals surface area (Å²) in [6, 6.07) is 23.6. The molecule has 0 fully saturated rings. The Kier molecular flexibility index (Phi) is 3.46. The quantitative estimate of drug-likeness (QED) is 0.715. The second-order valence-electron chi connectivity index (χ2n) is 4.67. The molecule has 0 radical (unpaired) electrons. The first-order valence-electron chi connectivity index (χ1n) is 6.64. The summed E-state index contributed by atoms with van der Waals surface area (Å²) in [4.78, 5) is 12.4. The number of ketones is 1. The fourth-order valence-electron chi connectivity index (χ4n) is 2.30. The number of hydrogen-bond acceptors (Lipinski definition) is 2. The lowest BCUT2D eigenvalue weighted by atomic mass is 10.0. The van der Waals surface area contributed by atoms with Crippen LogP contribution in [-0.2, 0) is 0 Å². The van der Waals surface area contributed by atoms with Gasteiger partial charge in [-0.1, -0.05) is 60.7 Å². The van der Waals surface area contributed by atoms with Crippen molar-refractivity contribution in [3.63, 3.8) is 0 Å². The van der Waals surface area contributed by atoms with Crippen molar-refractivity contribution in [3.8, 4) is 0 Å². The van der Waals surface area contributed by atoms with Crippen molar-refractivity contribution in [1.29, 1.82) is 0 Å². The fourth-order valence-corrected chi connectivity index (χ4v) is 2.30. The first-order chi connectivity index (χ1) is 9.84. The lowest BCUT2D eigenvalue weighted by Crippen LogP contribution is -2.14. The summed E-state index contributed by atoms with van der Waals surface area (Å²) in [6.07, 6.45) is 0. The molecule has 98 valence electrons. The molecule has 0 heterocycles. The summed E-state index contributed by atoms with van der Waals surface area (Å²) in [7, 11) is 0. The third-order valence-electron chi connectivity index (χ3n) is 3.32. The molecule has 0 aromatic heterocycles. The van der Waals surface area contributed by atoms with Crippen LogP contribution in [0.5, 0.6) is 0 Å². The van der Waals surface area contributed by atoms with E-state index < -0.39 is 0 Å². The highest BCUT2D eigenvalue weighted by Crippen LogP contribution is 2.19. The molecule has 0 saturated heterocycles. The number of Topliss-reactive ketones (excluding diaryl/α,β-unsaturated/α-hetero) is 1. The third kappa shape index (κ3) is 2.54. The molecule has 0 bridgehead atoms. The Hall–Kier alpha value is -2.61. The highest BCUT2D eigenvalue weighted by atomic mass is 16.1. The number of nitrogens with one attached hydrogen (secondary N) is 1. The smallest absolute Gasteiger partial charge is 0.182 e. The third-order valence-corrected chi connectivity index (χ3v) is 3.32. The number of hydrogen-bond donors (Lipinski definition) is 1. The van der Waals surface area contributed by atoms with Gasteiger partial charge in [-0.3, -0.25) is 4.79 Å². The van der Waals surface area contributed by atoms with Crippen molar-refractivity contribution in [3.05, 3.63) is 78.4 Å². The summed E-state index contributed by atoms with van der Waals surface area (Å²) < 4.78 is 0. The zero-order chi connectivity index (χ0) is 13.8. The van der Waals surface area contributed by atoms with Crippen LogP contribution in [0.15, 0.2) is 72.8 Å². The molecule has 0 aliphatic heterocycles. The van der Waals surface area contributed by atoms with Crippen LogP contribution in [0, 0.1) is 0 Å². The molecule has 0 aliphatic rings. The molecule has 0 aliphatic carbocycles. The Labute approximate surface area is 118 Å². The molecule has 0 amide bonds. The summed E-state index contributed by atoms with van der Waals surface area (Å²) in [5.41, 5.74) is 1.73. The van der Waals surface area contributed by atoms with Crippen LogP contribution in [0.25, 0.3) is 10.8 Å². The molecule has 2 heteroatoms. The van der Waals surface area contributed by atoms with Gasteiger partial charge in [0.25, 0.3) is 0 Å². The number of para-hydroxylation sites is 1. The molecule has 0 unspecified atom stereocenters. The average Bonchev–Trinajstić information content (AvgIpc) is 2.53. The van der Waals surface area contributed by atoms with Crippen LogP contribution in [0.2, 0.25) is 0 Å². The minimum absolute atomic E-state index is 0.102. The van der Waals surface area contributed by atoms with E-state index in [1.807, 2.05) is 72.8 Å². The maximum atomic E-state index is 12.4. The van der Waals surface area contributed by atoms with Gasteiger partial charge in [-0.25, -0.2) is 0 Å². The molecule has 3 rings (SSSR count). The van der Waals surface area contributed by atoms with Gasteiger partial charge in [-0.2, -0.15) is 0 Å². The van der Waals surface area contributed by atoms with Crippen molar-refractivity contribution < 1.29 is 4.79 Å². The Balaban J connectivity index is 1.82. The number of anilines is 1. The van der Waals surface area contributed by atoms with E-state index in [0.717, 1.165) is 22.0 Å². The maximum absolute atomic E-state index is 12.4. The van der Waals surface area contributed by atoms with Gasteiger partial charge < -0.3 is 5.32 Å². The summed E-state index contributed by atoms with van der Waals surface area (Å²) in [5, 5.41) is 5.26. The Morgan fingerprint density at radius 3 is 2.35 bits per heavy atom. The van der Waals surface area contributed by atoms with Gasteiger partial charge in [0.15, 0.2) is 5.78 Å². The van der Waals surface area contributed by atoms with Crippen LogP contribution >= 0.6 is 0 Å². The predicted octanol–water partition coefficient (Wildman–Crippen LogP) is 4.13. The molecule has 20 heavy (non-hydrogen) atoms. The van der Waals surface area contributed by atoms with Crippen LogP contribution < -0.4 is 5.32 Å². The maximum Gasteiger partial charge on any atom is 0.182 e. The van der Waals surface area contributed by atoms with Crippen molar-refractivity contribution in [1.82, 2.24) is 0 Å². The fraction of sp³-hybridized carbons (Fsp3) is 0.0556. The van der Waals surface area contributed by atoms with E-state index in [4.69, 9.17) is 0 Å². The first-order valence-corrected chi connectivity index (χ1v) is 6.64. The lowest BCUT2D eigenvalue weighted by Gasteiger charge is -2.08. The summed E-state index contributed by atoms with van der Waals surface area (Å²) in [5.74, 6) is 0.102. The second kappa shape index (κ2) is 5.57. The first kappa shape index (κ1) is 12.4. The standard InChI is InChI=1S/C18H15NO/c20-18(13-19-15-9-2-1-3-10-15)17-12-6-8-14-7-4-5-11-16(14)17/h1-12,19H,13H2. The minimum atomic E-state index is 0.102. The Morgan fingerprint density at radius 2 is 1.50 bits per heavy atom. The van der Waals surface area contributed by atoms with E-state index in [0.29, 0.717) is 6.54 Å². The number of carbonyl (C=O) groups excluding carboxylic acids is 1. The number of fused-ring (bicyclic) bond motifs is 1. The van der Waals surface area contributed by atoms with Crippen molar-refractivity contribution in [2.24, 2.45) is 0 Å². The number of rotatable bonds is 4. The lowest BCUT2D eigenvalue weighted by molar-refractivity contribution is 0.101. The highest BCUT2D eigenvalue weighted by Gasteiger charge is 2.09. The van der Waals surface area contributed by atoms with Crippen LogP contribution in [0.1, 0.15) is 10.4 Å². The van der Waals surface area contributed by atoms with Gasteiger partial charge in [0.2, 0.25) is 0 Å². The molecule has 2 nitrogen and oxygen atoms in total. The number of benzene rings is 3. The predicted molar refractivity (Wildman–Crippen MR) is 83.2 cm³/mol. The Bertz CT molecular complexity index is 729. The molecule has 0 saturated carbocycles. The van der Waals surface area contributed by atoms with Crippen molar-refractivity contribution >= 4 is 22.2 Å². The van der Waals surface area contributed by atoms with Gasteiger partial charge in [0.05, 0.1) is 6.54 Å². The highest BCUT2D eigenvalue weighted by molar-refractivity contribution is 6.09. The molecule has 0 spiro atoms. The molecule has 0 atom stereocenters. The number of carbonyl (C=O) groups is 1. The van der Waals surface area contributed by atoms with Gasteiger partial charge >= 0.3 is 0 Å². The van der Waals surface area contributed by atoms with Gasteiger partial charge in [0, 0.05) is 11.3 Å². The zero-order valence-electron chi connectivity index (χ0n) is 11.0. The monoisotopic (exact) mass is 261 g/mol. The van der Waals surface area contributed by atoms with Crippen molar-refractivity contribution in [2.45, 2.75) is 0 Å². The van der Waals surface area contributed by atoms with E-state index in [1.54, 1.807) is 0 Å². The molecule has 3 aromatic carbocycles. The van der Waals surface area contributed by atoms with Crippen LogP contribution in [0.3, 0.4) is 0 Å². The van der Waals surface area contributed by atoms with E-state index in [2.05, 4.69) is 5.32 Å². The van der Waals surface area contributed by atoms with E-state index >= 15 is 0 Å². The molecule has 1 N–H and O–H groups in total. The molecule has 3 aromatic rings. The second-order valence-corrected chi connectivity index (χ2v) is 4.67. The van der Waals surface area contributed by atoms with Crippen LogP contribution in [-0.4, -0.2) is 12.3 Å². The topological polar surface area (TPSA) is 29.1 Å². The molecular formula is C18H15NO. The van der Waals surface area contributed by atoms with Gasteiger partial charge in [0.1, 0.15) is 0 Å². The van der Waals surface area contributed by atoms with Gasteiger partial charge in [-0.15, -0.1) is 0 Å². The summed E-state index contributed by atoms with van der Waals surface area (Å²) in [6.45, 7) is 0.304. The van der Waals surface area contributed by atoms with Crippen LogP contribution in [0.4, 0.5) is 5.69 Å². The molecular weight excluding hydrogens is 246 g/mol. The normalized spacial score (nSPS) is 10.4. The van der Waals surface area contributed by atoms with Gasteiger partial charge in [-0.05, 0) is 22.9 Å². The SMILES string of the molecule is O=C(CNc1ccccc1)c1cccc2ccccc12. The van der Waals surface area contributed by atoms with E-state index in [-0.39, 0.29) is 5.78 Å². The zero-order valence-corrected chi connectivity index (χ0v) is 11.0. The largest absolute Gasteiger partial charge is 0.378 e. The van der Waals surface area contributed by atoms with Crippen molar-refractivity contribution in [2.75, 3.05) is 11.9 Å². The van der Waals surface area contributed by atoms with E-state index in [1.165, 1.54) is 0 Å². The van der Waals surface area contributed by atoms with E-state index in [9.17, 15) is 4.79 Å². The average molecular weight is 261 g/mol. The Morgan fingerprint density at radius 1 is 0.800 bits per heavy atom.